The highest BCUT2D eigenvalue weighted by Crippen LogP contribution is 2.18. The van der Waals surface area contributed by atoms with Gasteiger partial charge in [0.05, 0.1) is 24.4 Å². The van der Waals surface area contributed by atoms with E-state index in [0.717, 1.165) is 12.1 Å². The second-order valence-electron chi connectivity index (χ2n) is 4.28. The number of nitrogens with one attached hydrogen (secondary N) is 1. The summed E-state index contributed by atoms with van der Waals surface area (Å²) < 4.78 is 7.53. The predicted octanol–water partition coefficient (Wildman–Crippen LogP) is 1.67. The van der Waals surface area contributed by atoms with E-state index in [9.17, 15) is 0 Å². The van der Waals surface area contributed by atoms with Gasteiger partial charge in [0.2, 0.25) is 0 Å². The Morgan fingerprint density at radius 2 is 2.19 bits per heavy atom. The SMILES string of the molecule is CCc1nn(C)cc1C(COC(C)C)NC. The van der Waals surface area contributed by atoms with Crippen molar-refractivity contribution in [2.24, 2.45) is 7.05 Å². The summed E-state index contributed by atoms with van der Waals surface area (Å²) in [5, 5.41) is 7.73. The Morgan fingerprint density at radius 3 is 2.69 bits per heavy atom. The predicted molar refractivity (Wildman–Crippen MR) is 65.5 cm³/mol. The molecule has 0 amide bonds. The van der Waals surface area contributed by atoms with Crippen LogP contribution in [0.25, 0.3) is 0 Å². The van der Waals surface area contributed by atoms with Crippen LogP contribution >= 0.6 is 0 Å². The molecule has 0 aliphatic rings. The summed E-state index contributed by atoms with van der Waals surface area (Å²) >= 11 is 0. The van der Waals surface area contributed by atoms with Crippen LogP contribution in [0.3, 0.4) is 0 Å². The minimum absolute atomic E-state index is 0.228. The van der Waals surface area contributed by atoms with E-state index in [1.807, 2.05) is 18.8 Å². The third-order valence-electron chi connectivity index (χ3n) is 2.59. The van der Waals surface area contributed by atoms with Gasteiger partial charge in [0.15, 0.2) is 0 Å². The normalized spacial score (nSPS) is 13.4. The zero-order chi connectivity index (χ0) is 12.1. The highest BCUT2D eigenvalue weighted by molar-refractivity contribution is 5.21. The summed E-state index contributed by atoms with van der Waals surface area (Å²) in [5.74, 6) is 0. The third kappa shape index (κ3) is 3.32. The van der Waals surface area contributed by atoms with Crippen molar-refractivity contribution < 1.29 is 4.74 Å². The van der Waals surface area contributed by atoms with Crippen LogP contribution in [0, 0.1) is 0 Å². The van der Waals surface area contributed by atoms with Crippen molar-refractivity contribution in [3.8, 4) is 0 Å². The van der Waals surface area contributed by atoms with Crippen LogP contribution in [0.2, 0.25) is 0 Å². The van der Waals surface area contributed by atoms with Crippen molar-refractivity contribution in [2.45, 2.75) is 39.3 Å². The minimum Gasteiger partial charge on any atom is -0.377 e. The minimum atomic E-state index is 0.228. The molecule has 4 heteroatoms. The zero-order valence-electron chi connectivity index (χ0n) is 10.9. The van der Waals surface area contributed by atoms with Crippen LogP contribution in [0.1, 0.15) is 38.1 Å². The lowest BCUT2D eigenvalue weighted by Crippen LogP contribution is -2.24. The highest BCUT2D eigenvalue weighted by atomic mass is 16.5. The first-order chi connectivity index (χ1) is 7.58. The Hall–Kier alpha value is -0.870. The van der Waals surface area contributed by atoms with E-state index < -0.39 is 0 Å². The van der Waals surface area contributed by atoms with Gasteiger partial charge in [-0.3, -0.25) is 4.68 Å². The summed E-state index contributed by atoms with van der Waals surface area (Å²) in [5.41, 5.74) is 2.39. The van der Waals surface area contributed by atoms with Crippen LogP contribution in [0.5, 0.6) is 0 Å². The second kappa shape index (κ2) is 6.01. The second-order valence-corrected chi connectivity index (χ2v) is 4.28. The molecule has 16 heavy (non-hydrogen) atoms. The Labute approximate surface area is 98.0 Å². The Kier molecular flexibility index (Phi) is 4.96. The number of rotatable bonds is 6. The van der Waals surface area contributed by atoms with Gasteiger partial charge in [-0.1, -0.05) is 6.92 Å². The van der Waals surface area contributed by atoms with Crippen LogP contribution < -0.4 is 5.32 Å². The Morgan fingerprint density at radius 1 is 1.50 bits per heavy atom. The number of nitrogens with zero attached hydrogens (tertiary/aromatic N) is 2. The lowest BCUT2D eigenvalue weighted by Gasteiger charge is -2.17. The van der Waals surface area contributed by atoms with Gasteiger partial charge in [-0.25, -0.2) is 0 Å². The smallest absolute Gasteiger partial charge is 0.0670 e. The Bertz CT molecular complexity index is 320. The summed E-state index contributed by atoms with van der Waals surface area (Å²) in [6.45, 7) is 6.92. The lowest BCUT2D eigenvalue weighted by molar-refractivity contribution is 0.0624. The van der Waals surface area contributed by atoms with E-state index in [-0.39, 0.29) is 12.1 Å². The molecule has 0 spiro atoms. The maximum atomic E-state index is 5.66. The fourth-order valence-electron chi connectivity index (χ4n) is 1.74. The van der Waals surface area contributed by atoms with Gasteiger partial charge in [0.25, 0.3) is 0 Å². The first kappa shape index (κ1) is 13.2. The fraction of sp³-hybridized carbons (Fsp3) is 0.750. The molecule has 0 bridgehead atoms. The molecular weight excluding hydrogens is 202 g/mol. The van der Waals surface area contributed by atoms with Gasteiger partial charge < -0.3 is 10.1 Å². The standard InChI is InChI=1S/C12H23N3O/c1-6-11-10(7-15(5)14-11)12(13-4)8-16-9(2)3/h7,9,12-13H,6,8H2,1-5H3. The highest BCUT2D eigenvalue weighted by Gasteiger charge is 2.16. The largest absolute Gasteiger partial charge is 0.377 e. The molecule has 1 atom stereocenters. The molecule has 1 unspecified atom stereocenters. The maximum Gasteiger partial charge on any atom is 0.0670 e. The summed E-state index contributed by atoms with van der Waals surface area (Å²) in [6.07, 6.45) is 3.29. The molecule has 1 aromatic rings. The molecule has 1 N–H and O–H groups in total. The summed E-state index contributed by atoms with van der Waals surface area (Å²) in [4.78, 5) is 0. The number of aryl methyl sites for hydroxylation is 2. The van der Waals surface area contributed by atoms with Gasteiger partial charge in [-0.2, -0.15) is 5.10 Å². The van der Waals surface area contributed by atoms with Crippen LogP contribution in [-0.4, -0.2) is 29.5 Å². The van der Waals surface area contributed by atoms with Crippen molar-refractivity contribution in [3.05, 3.63) is 17.5 Å². The van der Waals surface area contributed by atoms with E-state index in [2.05, 4.69) is 37.4 Å². The molecule has 0 saturated carbocycles. The molecule has 0 aliphatic heterocycles. The van der Waals surface area contributed by atoms with Crippen molar-refractivity contribution in [1.82, 2.24) is 15.1 Å². The van der Waals surface area contributed by atoms with Crippen molar-refractivity contribution in [3.63, 3.8) is 0 Å². The van der Waals surface area contributed by atoms with Crippen molar-refractivity contribution in [2.75, 3.05) is 13.7 Å². The molecule has 92 valence electrons. The first-order valence-corrected chi connectivity index (χ1v) is 5.89. The van der Waals surface area contributed by atoms with E-state index in [1.165, 1.54) is 5.56 Å². The Balaban J connectivity index is 2.77. The summed E-state index contributed by atoms with van der Waals surface area (Å²) in [6, 6.07) is 0.228. The molecule has 0 aromatic carbocycles. The number of aromatic nitrogens is 2. The number of hydrogen-bond acceptors (Lipinski definition) is 3. The van der Waals surface area contributed by atoms with Gasteiger partial charge in [-0.05, 0) is 27.3 Å². The molecule has 1 heterocycles. The quantitative estimate of drug-likeness (QED) is 0.800. The summed E-state index contributed by atoms with van der Waals surface area (Å²) in [7, 11) is 3.92. The molecule has 0 saturated heterocycles. The van der Waals surface area contributed by atoms with Gasteiger partial charge in [0, 0.05) is 18.8 Å². The maximum absolute atomic E-state index is 5.66. The number of likely N-dealkylation sites (N-methyl/N-ethyl adjacent to an activating group) is 1. The first-order valence-electron chi connectivity index (χ1n) is 5.89. The van der Waals surface area contributed by atoms with Crippen molar-refractivity contribution in [1.29, 1.82) is 0 Å². The zero-order valence-corrected chi connectivity index (χ0v) is 10.9. The monoisotopic (exact) mass is 225 g/mol. The molecule has 1 rings (SSSR count). The topological polar surface area (TPSA) is 39.1 Å². The lowest BCUT2D eigenvalue weighted by atomic mass is 10.1. The molecular formula is C12H23N3O. The number of ether oxygens (including phenoxy) is 1. The third-order valence-corrected chi connectivity index (χ3v) is 2.59. The van der Waals surface area contributed by atoms with Crippen molar-refractivity contribution >= 4 is 0 Å². The molecule has 0 aliphatic carbocycles. The molecule has 1 aromatic heterocycles. The van der Waals surface area contributed by atoms with Crippen LogP contribution in [0.15, 0.2) is 6.20 Å². The van der Waals surface area contributed by atoms with E-state index >= 15 is 0 Å². The van der Waals surface area contributed by atoms with E-state index in [1.54, 1.807) is 0 Å². The van der Waals surface area contributed by atoms with Gasteiger partial charge in [0.1, 0.15) is 0 Å². The van der Waals surface area contributed by atoms with E-state index in [4.69, 9.17) is 4.74 Å². The molecule has 0 fully saturated rings. The fourth-order valence-corrected chi connectivity index (χ4v) is 1.74. The average Bonchev–Trinajstić information content (AvgIpc) is 2.60. The molecule has 4 nitrogen and oxygen atoms in total. The average molecular weight is 225 g/mol. The molecule has 0 radical (unpaired) electrons. The number of hydrogen-bond donors (Lipinski definition) is 1. The van der Waals surface area contributed by atoms with E-state index in [0.29, 0.717) is 6.61 Å². The van der Waals surface area contributed by atoms with Gasteiger partial charge in [-0.15, -0.1) is 0 Å². The van der Waals surface area contributed by atoms with Crippen LogP contribution in [0.4, 0.5) is 0 Å². The van der Waals surface area contributed by atoms with Gasteiger partial charge >= 0.3 is 0 Å². The van der Waals surface area contributed by atoms with Crippen LogP contribution in [-0.2, 0) is 18.2 Å².